The number of rotatable bonds is 12. The van der Waals surface area contributed by atoms with E-state index in [1.165, 1.54) is 4.90 Å². The first-order chi connectivity index (χ1) is 24.2. The van der Waals surface area contributed by atoms with Gasteiger partial charge in [-0.2, -0.15) is 0 Å². The van der Waals surface area contributed by atoms with E-state index >= 15 is 0 Å². The third-order valence-corrected chi connectivity index (χ3v) is 11.5. The van der Waals surface area contributed by atoms with Crippen molar-refractivity contribution in [1.82, 2.24) is 30.2 Å². The minimum absolute atomic E-state index is 0.0245. The molecule has 2 aliphatic carbocycles. The number of amides is 4. The average Bonchev–Trinajstić information content (AvgIpc) is 3.98. The fourth-order valence-corrected chi connectivity index (χ4v) is 7.94. The minimum Gasteiger partial charge on any atom is -0.497 e. The summed E-state index contributed by atoms with van der Waals surface area (Å²) in [6.45, 7) is 14.2. The van der Waals surface area contributed by atoms with Crippen molar-refractivity contribution >= 4 is 44.9 Å². The molecule has 1 aliphatic heterocycles. The average molecular weight is 745 g/mol. The smallest absolute Gasteiger partial charge is 0.408 e. The van der Waals surface area contributed by atoms with Crippen LogP contribution in [0.4, 0.5) is 4.79 Å². The van der Waals surface area contributed by atoms with E-state index in [1.54, 1.807) is 66.9 Å². The number of likely N-dealkylation sites (tertiary alicyclic amines) is 1. The van der Waals surface area contributed by atoms with E-state index in [0.717, 1.165) is 0 Å². The van der Waals surface area contributed by atoms with Crippen LogP contribution in [0.5, 0.6) is 11.6 Å². The monoisotopic (exact) mass is 744 g/mol. The predicted molar refractivity (Wildman–Crippen MR) is 192 cm³/mol. The molecule has 286 valence electrons. The summed E-state index contributed by atoms with van der Waals surface area (Å²) in [5.41, 5.74) is -1.32. The van der Waals surface area contributed by atoms with Crippen LogP contribution in [-0.2, 0) is 35.6 Å². The maximum absolute atomic E-state index is 14.5. The van der Waals surface area contributed by atoms with Gasteiger partial charge in [0.05, 0.1) is 29.9 Å². The number of fused-ring (bicyclic) bond motifs is 1. The van der Waals surface area contributed by atoms with Crippen LogP contribution in [0.25, 0.3) is 11.0 Å². The van der Waals surface area contributed by atoms with E-state index in [-0.39, 0.29) is 31.2 Å². The fourth-order valence-electron chi connectivity index (χ4n) is 6.57. The number of ether oxygens (including phenoxy) is 3. The molecular weight excluding hydrogens is 692 g/mol. The zero-order chi connectivity index (χ0) is 38.4. The van der Waals surface area contributed by atoms with Gasteiger partial charge in [-0.05, 0) is 69.9 Å². The molecule has 2 saturated carbocycles. The molecule has 2 aromatic rings. The Balaban J connectivity index is 1.46. The predicted octanol–water partition coefficient (Wildman–Crippen LogP) is 3.38. The van der Waals surface area contributed by atoms with Crippen LogP contribution in [0.1, 0.15) is 93.2 Å². The highest BCUT2D eigenvalue weighted by atomic mass is 32.2. The van der Waals surface area contributed by atoms with Crippen LogP contribution < -0.4 is 24.8 Å². The number of carbonyl (C=O) groups is 4. The number of methoxy groups -OCH3 is 1. The van der Waals surface area contributed by atoms with Crippen LogP contribution in [-0.4, -0.2) is 95.3 Å². The Morgan fingerprint density at radius 1 is 1.04 bits per heavy atom. The zero-order valence-electron chi connectivity index (χ0n) is 31.5. The van der Waals surface area contributed by atoms with Gasteiger partial charge in [0.15, 0.2) is 0 Å². The Morgan fingerprint density at radius 3 is 2.29 bits per heavy atom. The SMILES string of the molecule is CCc1nc2ccc(OC)cc2nc1O[C@@H]1C[C@@H](C(=O)N[C@]2(C(=O)NS(=O)(=O)C3CC3)C[C@H]2CC)N(C(=O)[C@@H](NC(=O)OC(C)(C)C)C(C)(C)C)C1. The zero-order valence-corrected chi connectivity index (χ0v) is 32.3. The molecule has 5 rings (SSSR count). The number of alkyl carbamates (subject to hydrolysis) is 1. The third kappa shape index (κ3) is 8.53. The van der Waals surface area contributed by atoms with Crippen LogP contribution in [0.2, 0.25) is 0 Å². The van der Waals surface area contributed by atoms with Gasteiger partial charge in [0, 0.05) is 12.5 Å². The van der Waals surface area contributed by atoms with Crippen molar-refractivity contribution in [1.29, 1.82) is 0 Å². The van der Waals surface area contributed by atoms with E-state index in [1.807, 2.05) is 13.8 Å². The Labute approximate surface area is 305 Å². The van der Waals surface area contributed by atoms with E-state index in [0.29, 0.717) is 48.2 Å². The number of aryl methyl sites for hydroxylation is 1. The molecule has 3 N–H and O–H groups in total. The molecule has 2 heterocycles. The summed E-state index contributed by atoms with van der Waals surface area (Å²) in [4.78, 5) is 66.1. The molecule has 4 amide bonds. The number of nitrogens with zero attached hydrogens (tertiary/aromatic N) is 3. The first-order valence-electron chi connectivity index (χ1n) is 17.9. The summed E-state index contributed by atoms with van der Waals surface area (Å²) in [7, 11) is -2.32. The Morgan fingerprint density at radius 2 is 1.73 bits per heavy atom. The second-order valence-corrected chi connectivity index (χ2v) is 18.0. The van der Waals surface area contributed by atoms with E-state index in [9.17, 15) is 27.6 Å². The van der Waals surface area contributed by atoms with Crippen molar-refractivity contribution in [2.45, 2.75) is 128 Å². The number of nitrogens with one attached hydrogen (secondary N) is 3. The highest BCUT2D eigenvalue weighted by Crippen LogP contribution is 2.47. The van der Waals surface area contributed by atoms with Gasteiger partial charge in [0.25, 0.3) is 5.91 Å². The van der Waals surface area contributed by atoms with Gasteiger partial charge < -0.3 is 29.7 Å². The van der Waals surface area contributed by atoms with Gasteiger partial charge in [-0.15, -0.1) is 0 Å². The largest absolute Gasteiger partial charge is 0.497 e. The van der Waals surface area contributed by atoms with Gasteiger partial charge in [-0.3, -0.25) is 19.1 Å². The van der Waals surface area contributed by atoms with Crippen LogP contribution >= 0.6 is 0 Å². The lowest BCUT2D eigenvalue weighted by molar-refractivity contribution is -0.143. The van der Waals surface area contributed by atoms with E-state index in [2.05, 4.69) is 15.4 Å². The number of aromatic nitrogens is 2. The molecule has 3 aliphatic rings. The molecular formula is C36H52N6O9S. The molecule has 1 saturated heterocycles. The molecule has 5 atom stereocenters. The maximum Gasteiger partial charge on any atom is 0.408 e. The van der Waals surface area contributed by atoms with E-state index < -0.39 is 73.8 Å². The van der Waals surface area contributed by atoms with Crippen molar-refractivity contribution in [3.8, 4) is 11.6 Å². The third-order valence-electron chi connectivity index (χ3n) is 9.69. The Bertz CT molecular complexity index is 1840. The van der Waals surface area contributed by atoms with Gasteiger partial charge in [0.1, 0.15) is 40.8 Å². The summed E-state index contributed by atoms with van der Waals surface area (Å²) in [6, 6.07) is 3.08. The Hall–Kier alpha value is -4.21. The lowest BCUT2D eigenvalue weighted by atomic mass is 9.85. The summed E-state index contributed by atoms with van der Waals surface area (Å²) in [5.74, 6) is -1.43. The second kappa shape index (κ2) is 14.3. The molecule has 0 unspecified atom stereocenters. The fraction of sp³-hybridized carbons (Fsp3) is 0.667. The normalized spacial score (nSPS) is 23.8. The highest BCUT2D eigenvalue weighted by molar-refractivity contribution is 7.91. The van der Waals surface area contributed by atoms with Crippen molar-refractivity contribution in [2.24, 2.45) is 11.3 Å². The summed E-state index contributed by atoms with van der Waals surface area (Å²) in [5, 5.41) is 4.94. The number of benzene rings is 1. The van der Waals surface area contributed by atoms with Crippen LogP contribution in [0.15, 0.2) is 18.2 Å². The number of sulfonamides is 1. The molecule has 1 aromatic carbocycles. The van der Waals surface area contributed by atoms with Gasteiger partial charge in [-0.1, -0.05) is 41.0 Å². The second-order valence-electron chi connectivity index (χ2n) is 16.1. The van der Waals surface area contributed by atoms with Crippen LogP contribution in [0.3, 0.4) is 0 Å². The van der Waals surface area contributed by atoms with Crippen molar-refractivity contribution in [3.05, 3.63) is 23.9 Å². The first-order valence-corrected chi connectivity index (χ1v) is 19.4. The molecule has 1 aromatic heterocycles. The molecule has 52 heavy (non-hydrogen) atoms. The standard InChI is InChI=1S/C36H52N6O9S/c1-10-20-18-36(20,32(45)41-52(47,48)23-13-14-23)40-29(43)27-17-22(50-30-24(11-2)37-25-15-12-21(49-9)16-26(25)38-30)19-42(27)31(44)28(34(3,4)5)39-33(46)51-35(6,7)8/h12,15-16,20,22-23,27-28H,10-11,13-14,17-19H2,1-9H3,(H,39,46)(H,40,43)(H,41,45)/t20-,22-,27+,28-,36-/m1/s1. The Kier molecular flexibility index (Phi) is 10.7. The molecule has 15 nitrogen and oxygen atoms in total. The highest BCUT2D eigenvalue weighted by Gasteiger charge is 2.62. The lowest BCUT2D eigenvalue weighted by Crippen LogP contribution is -2.60. The summed E-state index contributed by atoms with van der Waals surface area (Å²) in [6.07, 6.45) is 0.717. The van der Waals surface area contributed by atoms with Gasteiger partial charge in [0.2, 0.25) is 27.7 Å². The van der Waals surface area contributed by atoms with Crippen LogP contribution in [0, 0.1) is 11.3 Å². The topological polar surface area (TPSA) is 195 Å². The maximum atomic E-state index is 14.5. The molecule has 0 spiro atoms. The van der Waals surface area contributed by atoms with Crippen molar-refractivity contribution < 1.29 is 41.8 Å². The first kappa shape index (κ1) is 39.0. The molecule has 0 radical (unpaired) electrons. The van der Waals surface area contributed by atoms with E-state index in [4.69, 9.17) is 24.2 Å². The quantitative estimate of drug-likeness (QED) is 0.288. The molecule has 3 fully saturated rings. The van der Waals surface area contributed by atoms with Crippen molar-refractivity contribution in [3.63, 3.8) is 0 Å². The molecule has 0 bridgehead atoms. The summed E-state index contributed by atoms with van der Waals surface area (Å²) < 4.78 is 44.9. The minimum atomic E-state index is -3.87. The summed E-state index contributed by atoms with van der Waals surface area (Å²) >= 11 is 0. The molecule has 16 heteroatoms. The number of carbonyl (C=O) groups excluding carboxylic acids is 4. The number of hydrogen-bond acceptors (Lipinski definition) is 11. The van der Waals surface area contributed by atoms with Gasteiger partial charge in [-0.25, -0.2) is 23.2 Å². The lowest BCUT2D eigenvalue weighted by Gasteiger charge is -2.36. The number of hydrogen-bond donors (Lipinski definition) is 3. The van der Waals surface area contributed by atoms with Crippen molar-refractivity contribution in [2.75, 3.05) is 13.7 Å². The van der Waals surface area contributed by atoms with Gasteiger partial charge >= 0.3 is 6.09 Å².